The summed E-state index contributed by atoms with van der Waals surface area (Å²) in [5.41, 5.74) is 2.17. The number of nitrogens with zero attached hydrogens (tertiary/aromatic N) is 4. The number of benzene rings is 2. The standard InChI is InChI=1S/C32H43FN6O5/c1-7-42-25-17-21(18-26(43-8-2)28(25)22-9-11-23(33)12-10-22)20-39-15-13-24(14-16-39)35-30-36-29(37-31(38-30)41-6)34-19-27(40)44-32(3,4)5/h9-12,17-18,24H,7-8,13-16,19-20H2,1-6H3,(H2,34,35,36,37,38). The van der Waals surface area contributed by atoms with Crippen LogP contribution in [-0.2, 0) is 16.1 Å². The van der Waals surface area contributed by atoms with Gasteiger partial charge in [-0.05, 0) is 82.9 Å². The second-order valence-corrected chi connectivity index (χ2v) is 11.4. The Kier molecular flexibility index (Phi) is 11.2. The van der Waals surface area contributed by atoms with E-state index >= 15 is 0 Å². The summed E-state index contributed by atoms with van der Waals surface area (Å²) in [4.78, 5) is 27.5. The van der Waals surface area contributed by atoms with Crippen molar-refractivity contribution in [2.24, 2.45) is 0 Å². The van der Waals surface area contributed by atoms with Crippen molar-refractivity contribution in [1.29, 1.82) is 0 Å². The van der Waals surface area contributed by atoms with Gasteiger partial charge in [-0.2, -0.15) is 15.0 Å². The third-order valence-corrected chi connectivity index (χ3v) is 6.79. The van der Waals surface area contributed by atoms with Crippen LogP contribution in [0.25, 0.3) is 11.1 Å². The summed E-state index contributed by atoms with van der Waals surface area (Å²) in [6, 6.07) is 10.8. The highest BCUT2D eigenvalue weighted by molar-refractivity contribution is 5.77. The molecular formula is C32H43FN6O5. The molecule has 1 fully saturated rings. The number of piperidine rings is 1. The van der Waals surface area contributed by atoms with Crippen LogP contribution in [0.2, 0.25) is 0 Å². The molecule has 0 radical (unpaired) electrons. The summed E-state index contributed by atoms with van der Waals surface area (Å²) in [6.07, 6.45) is 1.75. The van der Waals surface area contributed by atoms with E-state index < -0.39 is 11.6 Å². The predicted octanol–water partition coefficient (Wildman–Crippen LogP) is 5.31. The number of halogens is 1. The number of ether oxygens (including phenoxy) is 4. The third kappa shape index (κ3) is 9.40. The quantitative estimate of drug-likeness (QED) is 0.245. The molecule has 0 bridgehead atoms. The molecule has 238 valence electrons. The first-order chi connectivity index (χ1) is 21.1. The Labute approximate surface area is 258 Å². The van der Waals surface area contributed by atoms with Crippen molar-refractivity contribution in [3.05, 3.63) is 47.8 Å². The maximum atomic E-state index is 13.6. The molecule has 0 spiro atoms. The smallest absolute Gasteiger partial charge is 0.325 e. The van der Waals surface area contributed by atoms with Crippen LogP contribution in [0.5, 0.6) is 17.5 Å². The van der Waals surface area contributed by atoms with Crippen LogP contribution in [0.1, 0.15) is 53.0 Å². The molecule has 4 rings (SSSR count). The van der Waals surface area contributed by atoms with Gasteiger partial charge in [0.15, 0.2) is 0 Å². The number of anilines is 2. The number of likely N-dealkylation sites (tertiary alicyclic amines) is 1. The molecule has 3 aromatic rings. The van der Waals surface area contributed by atoms with Crippen molar-refractivity contribution >= 4 is 17.9 Å². The first kappa shape index (κ1) is 32.7. The van der Waals surface area contributed by atoms with E-state index in [1.165, 1.54) is 19.2 Å². The summed E-state index contributed by atoms with van der Waals surface area (Å²) in [5.74, 6) is 1.34. The van der Waals surface area contributed by atoms with Gasteiger partial charge in [-0.25, -0.2) is 4.39 Å². The molecule has 1 aliphatic heterocycles. The lowest BCUT2D eigenvalue weighted by Gasteiger charge is -2.32. The minimum atomic E-state index is -0.582. The average molecular weight is 611 g/mol. The Balaban J connectivity index is 1.39. The van der Waals surface area contributed by atoms with E-state index in [0.29, 0.717) is 19.2 Å². The molecule has 12 heteroatoms. The topological polar surface area (TPSA) is 120 Å². The van der Waals surface area contributed by atoms with Gasteiger partial charge in [0.05, 0.1) is 25.9 Å². The van der Waals surface area contributed by atoms with Gasteiger partial charge < -0.3 is 29.6 Å². The van der Waals surface area contributed by atoms with E-state index in [-0.39, 0.29) is 30.4 Å². The molecule has 1 aliphatic rings. The molecular weight excluding hydrogens is 567 g/mol. The highest BCUT2D eigenvalue weighted by atomic mass is 19.1. The molecule has 0 saturated carbocycles. The molecule has 1 aromatic heterocycles. The van der Waals surface area contributed by atoms with Gasteiger partial charge in [-0.1, -0.05) is 12.1 Å². The van der Waals surface area contributed by atoms with Crippen LogP contribution in [0.15, 0.2) is 36.4 Å². The van der Waals surface area contributed by atoms with E-state index in [0.717, 1.165) is 60.7 Å². The fourth-order valence-electron chi connectivity index (χ4n) is 4.97. The van der Waals surface area contributed by atoms with Gasteiger partial charge in [0.1, 0.15) is 29.5 Å². The molecule has 2 N–H and O–H groups in total. The highest BCUT2D eigenvalue weighted by Gasteiger charge is 2.23. The summed E-state index contributed by atoms with van der Waals surface area (Å²) in [7, 11) is 1.48. The van der Waals surface area contributed by atoms with E-state index in [4.69, 9.17) is 18.9 Å². The number of carbonyl (C=O) groups excluding carboxylic acids is 1. The number of rotatable bonds is 13. The second kappa shape index (κ2) is 15.0. The largest absolute Gasteiger partial charge is 0.493 e. The van der Waals surface area contributed by atoms with Crippen LogP contribution in [-0.4, -0.2) is 77.4 Å². The van der Waals surface area contributed by atoms with Gasteiger partial charge in [0, 0.05) is 25.7 Å². The van der Waals surface area contributed by atoms with Crippen molar-refractivity contribution in [3.63, 3.8) is 0 Å². The molecule has 0 atom stereocenters. The molecule has 11 nitrogen and oxygen atoms in total. The number of esters is 1. The van der Waals surface area contributed by atoms with E-state index in [9.17, 15) is 9.18 Å². The minimum absolute atomic E-state index is 0.0802. The Hall–Kier alpha value is -4.19. The zero-order valence-electron chi connectivity index (χ0n) is 26.4. The van der Waals surface area contributed by atoms with Gasteiger partial charge >= 0.3 is 12.0 Å². The normalized spacial score (nSPS) is 14.2. The van der Waals surface area contributed by atoms with Crippen molar-refractivity contribution in [1.82, 2.24) is 19.9 Å². The third-order valence-electron chi connectivity index (χ3n) is 6.79. The highest BCUT2D eigenvalue weighted by Crippen LogP contribution is 2.40. The van der Waals surface area contributed by atoms with E-state index in [1.807, 2.05) is 34.6 Å². The van der Waals surface area contributed by atoms with E-state index in [1.54, 1.807) is 12.1 Å². The summed E-state index contributed by atoms with van der Waals surface area (Å²) < 4.78 is 36.3. The Morgan fingerprint density at radius 1 is 0.977 bits per heavy atom. The Bertz CT molecular complexity index is 1360. The van der Waals surface area contributed by atoms with Crippen LogP contribution >= 0.6 is 0 Å². The molecule has 0 amide bonds. The van der Waals surface area contributed by atoms with Gasteiger partial charge in [0.2, 0.25) is 11.9 Å². The van der Waals surface area contributed by atoms with Crippen LogP contribution < -0.4 is 24.8 Å². The summed E-state index contributed by atoms with van der Waals surface area (Å²) in [5, 5.41) is 6.29. The van der Waals surface area contributed by atoms with Crippen molar-refractivity contribution in [2.75, 3.05) is 50.6 Å². The van der Waals surface area contributed by atoms with Crippen LogP contribution in [0.4, 0.5) is 16.3 Å². The number of methoxy groups -OCH3 is 1. The van der Waals surface area contributed by atoms with Gasteiger partial charge in [-0.15, -0.1) is 0 Å². The van der Waals surface area contributed by atoms with Crippen LogP contribution in [0.3, 0.4) is 0 Å². The van der Waals surface area contributed by atoms with Crippen molar-refractivity contribution in [2.45, 2.75) is 65.6 Å². The second-order valence-electron chi connectivity index (χ2n) is 11.4. The fourth-order valence-corrected chi connectivity index (χ4v) is 4.97. The SMILES string of the molecule is CCOc1cc(CN2CCC(Nc3nc(NCC(=O)OC(C)(C)C)nc(OC)n3)CC2)cc(OCC)c1-c1ccc(F)cc1. The van der Waals surface area contributed by atoms with Crippen molar-refractivity contribution in [3.8, 4) is 28.6 Å². The molecule has 2 aromatic carbocycles. The Morgan fingerprint density at radius 2 is 1.59 bits per heavy atom. The lowest BCUT2D eigenvalue weighted by atomic mass is 9.99. The predicted molar refractivity (Wildman–Crippen MR) is 167 cm³/mol. The minimum Gasteiger partial charge on any atom is -0.493 e. The molecule has 2 heterocycles. The zero-order chi connectivity index (χ0) is 31.7. The van der Waals surface area contributed by atoms with Crippen LogP contribution in [0, 0.1) is 5.82 Å². The lowest BCUT2D eigenvalue weighted by Crippen LogP contribution is -2.39. The maximum absolute atomic E-state index is 13.6. The van der Waals surface area contributed by atoms with E-state index in [2.05, 4.69) is 42.6 Å². The molecule has 44 heavy (non-hydrogen) atoms. The summed E-state index contributed by atoms with van der Waals surface area (Å²) in [6.45, 7) is 12.7. The zero-order valence-corrected chi connectivity index (χ0v) is 26.4. The lowest BCUT2D eigenvalue weighted by molar-refractivity contribution is -0.152. The average Bonchev–Trinajstić information content (AvgIpc) is 2.97. The number of nitrogens with one attached hydrogen (secondary N) is 2. The number of aromatic nitrogens is 3. The first-order valence-electron chi connectivity index (χ1n) is 15.0. The van der Waals surface area contributed by atoms with Crippen molar-refractivity contribution < 1.29 is 28.1 Å². The first-order valence-corrected chi connectivity index (χ1v) is 15.0. The fraction of sp³-hybridized carbons (Fsp3) is 0.500. The number of hydrogen-bond acceptors (Lipinski definition) is 11. The molecule has 0 aliphatic carbocycles. The number of hydrogen-bond donors (Lipinski definition) is 2. The van der Waals surface area contributed by atoms with Gasteiger partial charge in [0.25, 0.3) is 0 Å². The summed E-state index contributed by atoms with van der Waals surface area (Å²) >= 11 is 0. The Morgan fingerprint density at radius 3 is 2.16 bits per heavy atom. The molecule has 0 unspecified atom stereocenters. The number of carbonyl (C=O) groups is 1. The maximum Gasteiger partial charge on any atom is 0.325 e. The molecule has 1 saturated heterocycles. The monoisotopic (exact) mass is 610 g/mol. The van der Waals surface area contributed by atoms with Gasteiger partial charge in [-0.3, -0.25) is 9.69 Å².